The van der Waals surface area contributed by atoms with Gasteiger partial charge in [-0.2, -0.15) is 0 Å². The molecule has 1 aliphatic rings. The van der Waals surface area contributed by atoms with Gasteiger partial charge >= 0.3 is 12.2 Å². The van der Waals surface area contributed by atoms with Gasteiger partial charge in [-0.15, -0.1) is 0 Å². The van der Waals surface area contributed by atoms with E-state index in [2.05, 4.69) is 15.5 Å². The normalized spacial score (nSPS) is 13.3. The van der Waals surface area contributed by atoms with Crippen LogP contribution in [-0.4, -0.2) is 129 Å². The Bertz CT molecular complexity index is 1830. The van der Waals surface area contributed by atoms with Gasteiger partial charge in [0.05, 0.1) is 29.1 Å². The molecule has 3 aromatic rings. The number of benzene rings is 3. The van der Waals surface area contributed by atoms with E-state index in [-0.39, 0.29) is 17.9 Å². The molecule has 1 fully saturated rings. The Hall–Kier alpha value is -5.01. The summed E-state index contributed by atoms with van der Waals surface area (Å²) in [5.41, 5.74) is 3.13. The zero-order valence-electron chi connectivity index (χ0n) is 35.9. The van der Waals surface area contributed by atoms with E-state index in [9.17, 15) is 19.2 Å². The van der Waals surface area contributed by atoms with E-state index in [1.165, 1.54) is 12.0 Å². The summed E-state index contributed by atoms with van der Waals surface area (Å²) in [5.74, 6) is 0.300. The number of unbranched alkanes of at least 4 members (excludes halogenated alkanes) is 2. The Morgan fingerprint density at radius 2 is 1.49 bits per heavy atom. The van der Waals surface area contributed by atoms with E-state index in [1.54, 1.807) is 36.0 Å². The quantitative estimate of drug-likeness (QED) is 0.114. The Labute approximate surface area is 355 Å². The number of methoxy groups -OCH3 is 1. The van der Waals surface area contributed by atoms with Crippen LogP contribution in [0.4, 0.5) is 21.0 Å². The fourth-order valence-electron chi connectivity index (χ4n) is 6.72. The SMILES string of the molecule is COc1cc(NCCCCCC(=O)N(C)CCN2CCC(OC(=O)Nc3ccccc3-c3ccccc3)CC2)c(Cl)cc1C(=O)N(C)CCCN(C)C(=O)OC(C)(C)C. The lowest BCUT2D eigenvalue weighted by Gasteiger charge is -2.32. The second kappa shape index (κ2) is 23.0. The number of halogens is 1. The number of rotatable bonds is 19. The predicted octanol–water partition coefficient (Wildman–Crippen LogP) is 8.49. The minimum atomic E-state index is -0.575. The molecule has 4 amide bonds. The summed E-state index contributed by atoms with van der Waals surface area (Å²) in [6.45, 7) is 9.99. The average Bonchev–Trinajstić information content (AvgIpc) is 3.21. The number of nitrogens with zero attached hydrogens (tertiary/aromatic N) is 4. The Balaban J connectivity index is 1.09. The zero-order valence-corrected chi connectivity index (χ0v) is 36.6. The Morgan fingerprint density at radius 3 is 2.19 bits per heavy atom. The molecular weight excluding hydrogens is 772 g/mol. The molecule has 0 atom stereocenters. The van der Waals surface area contributed by atoms with Crippen molar-refractivity contribution >= 4 is 47.0 Å². The third-order valence-corrected chi connectivity index (χ3v) is 10.5. The first-order valence-corrected chi connectivity index (χ1v) is 20.9. The lowest BCUT2D eigenvalue weighted by atomic mass is 10.0. The molecule has 322 valence electrons. The molecule has 4 rings (SSSR count). The van der Waals surface area contributed by atoms with Crippen LogP contribution in [0.15, 0.2) is 66.7 Å². The van der Waals surface area contributed by atoms with Gasteiger partial charge in [-0.25, -0.2) is 9.59 Å². The largest absolute Gasteiger partial charge is 0.496 e. The molecule has 1 aliphatic heterocycles. The number of para-hydroxylation sites is 1. The fraction of sp³-hybridized carbons (Fsp3) is 0.511. The lowest BCUT2D eigenvalue weighted by molar-refractivity contribution is -0.130. The van der Waals surface area contributed by atoms with E-state index < -0.39 is 17.8 Å². The number of nitrogens with one attached hydrogen (secondary N) is 2. The molecule has 0 spiro atoms. The maximum Gasteiger partial charge on any atom is 0.411 e. The summed E-state index contributed by atoms with van der Waals surface area (Å²) in [4.78, 5) is 58.4. The second-order valence-electron chi connectivity index (χ2n) is 16.1. The highest BCUT2D eigenvalue weighted by molar-refractivity contribution is 6.33. The highest BCUT2D eigenvalue weighted by Gasteiger charge is 2.24. The van der Waals surface area contributed by atoms with E-state index in [1.807, 2.05) is 82.4 Å². The summed E-state index contributed by atoms with van der Waals surface area (Å²) in [6.07, 6.45) is 4.02. The van der Waals surface area contributed by atoms with Gasteiger partial charge < -0.3 is 39.1 Å². The van der Waals surface area contributed by atoms with Crippen LogP contribution < -0.4 is 15.4 Å². The van der Waals surface area contributed by atoms with Gasteiger partial charge in [0.15, 0.2) is 0 Å². The Kier molecular flexibility index (Phi) is 18.2. The van der Waals surface area contributed by atoms with Crippen LogP contribution in [0, 0.1) is 0 Å². The molecule has 3 aromatic carbocycles. The highest BCUT2D eigenvalue weighted by Crippen LogP contribution is 2.32. The minimum Gasteiger partial charge on any atom is -0.496 e. The summed E-state index contributed by atoms with van der Waals surface area (Å²) in [5, 5.41) is 6.68. The number of anilines is 2. The number of likely N-dealkylation sites (tertiary alicyclic amines) is 1. The van der Waals surface area contributed by atoms with Crippen molar-refractivity contribution in [2.24, 2.45) is 0 Å². The van der Waals surface area contributed by atoms with Gasteiger partial charge in [-0.05, 0) is 70.6 Å². The first kappa shape index (κ1) is 46.7. The predicted molar refractivity (Wildman–Crippen MR) is 234 cm³/mol. The fourth-order valence-corrected chi connectivity index (χ4v) is 6.95. The van der Waals surface area contributed by atoms with Crippen molar-refractivity contribution in [2.45, 2.75) is 77.4 Å². The van der Waals surface area contributed by atoms with Crippen molar-refractivity contribution in [3.63, 3.8) is 0 Å². The zero-order chi connectivity index (χ0) is 43.0. The number of piperidine rings is 1. The number of amides is 4. The molecular formula is C45H63ClN6O7. The molecule has 0 radical (unpaired) electrons. The van der Waals surface area contributed by atoms with Gasteiger partial charge in [-0.1, -0.05) is 66.6 Å². The molecule has 2 N–H and O–H groups in total. The number of carbonyl (C=O) groups excluding carboxylic acids is 4. The smallest absolute Gasteiger partial charge is 0.411 e. The van der Waals surface area contributed by atoms with Gasteiger partial charge in [-0.3, -0.25) is 14.9 Å². The molecule has 0 saturated carbocycles. The van der Waals surface area contributed by atoms with Crippen molar-refractivity contribution in [1.29, 1.82) is 0 Å². The Morgan fingerprint density at radius 1 is 0.814 bits per heavy atom. The number of carbonyl (C=O) groups is 4. The number of ether oxygens (including phenoxy) is 3. The summed E-state index contributed by atoms with van der Waals surface area (Å²) < 4.78 is 16.7. The van der Waals surface area contributed by atoms with Crippen molar-refractivity contribution in [1.82, 2.24) is 19.6 Å². The van der Waals surface area contributed by atoms with Gasteiger partial charge in [0.25, 0.3) is 5.91 Å². The molecule has 1 saturated heterocycles. The third kappa shape index (κ3) is 15.3. The molecule has 59 heavy (non-hydrogen) atoms. The summed E-state index contributed by atoms with van der Waals surface area (Å²) in [7, 11) is 6.75. The van der Waals surface area contributed by atoms with Crippen LogP contribution in [0.5, 0.6) is 5.75 Å². The van der Waals surface area contributed by atoms with Crippen molar-refractivity contribution in [3.05, 3.63) is 77.3 Å². The molecule has 14 heteroatoms. The van der Waals surface area contributed by atoms with E-state index in [0.29, 0.717) is 66.7 Å². The lowest BCUT2D eigenvalue weighted by Crippen LogP contribution is -2.42. The van der Waals surface area contributed by atoms with Crippen molar-refractivity contribution in [3.8, 4) is 16.9 Å². The topological polar surface area (TPSA) is 133 Å². The van der Waals surface area contributed by atoms with Crippen LogP contribution in [0.25, 0.3) is 11.1 Å². The molecule has 0 aliphatic carbocycles. The molecule has 0 aromatic heterocycles. The van der Waals surface area contributed by atoms with E-state index in [4.69, 9.17) is 25.8 Å². The maximum atomic E-state index is 13.3. The number of hydrogen-bond donors (Lipinski definition) is 2. The van der Waals surface area contributed by atoms with E-state index in [0.717, 1.165) is 62.9 Å². The first-order valence-electron chi connectivity index (χ1n) is 20.5. The van der Waals surface area contributed by atoms with Crippen LogP contribution in [0.1, 0.15) is 76.1 Å². The third-order valence-electron chi connectivity index (χ3n) is 10.2. The van der Waals surface area contributed by atoms with E-state index >= 15 is 0 Å². The van der Waals surface area contributed by atoms with Crippen LogP contribution in [-0.2, 0) is 14.3 Å². The number of likely N-dealkylation sites (N-methyl/N-ethyl adjacent to an activating group) is 1. The van der Waals surface area contributed by atoms with Gasteiger partial charge in [0.2, 0.25) is 5.91 Å². The van der Waals surface area contributed by atoms with Crippen LogP contribution >= 0.6 is 11.6 Å². The second-order valence-corrected chi connectivity index (χ2v) is 16.5. The first-order chi connectivity index (χ1) is 28.1. The minimum absolute atomic E-state index is 0.122. The standard InChI is InChI=1S/C45H63ClN6O7/c1-45(2,3)59-44(56)51(6)26-16-25-50(5)42(54)36-31-37(46)39(32-40(36)57-7)47-24-15-9-12-21-41(53)49(4)29-30-52-27-22-34(23-28-52)58-43(55)48-38-20-14-13-19-35(38)33-17-10-8-11-18-33/h8,10-11,13-14,17-20,31-32,34,47H,9,12,15-16,21-30H2,1-7H3,(H,48,55). The molecule has 1 heterocycles. The maximum absolute atomic E-state index is 13.3. The molecule has 0 bridgehead atoms. The monoisotopic (exact) mass is 834 g/mol. The molecule has 13 nitrogen and oxygen atoms in total. The van der Waals surface area contributed by atoms with Crippen molar-refractivity contribution in [2.75, 3.05) is 84.7 Å². The van der Waals surface area contributed by atoms with Crippen LogP contribution in [0.3, 0.4) is 0 Å². The average molecular weight is 835 g/mol. The van der Waals surface area contributed by atoms with Crippen molar-refractivity contribution < 1.29 is 33.4 Å². The summed E-state index contributed by atoms with van der Waals surface area (Å²) in [6, 6.07) is 21.0. The summed E-state index contributed by atoms with van der Waals surface area (Å²) >= 11 is 6.60. The number of hydrogen-bond acceptors (Lipinski definition) is 9. The highest BCUT2D eigenvalue weighted by atomic mass is 35.5. The van der Waals surface area contributed by atoms with Gasteiger partial charge in [0, 0.05) is 85.0 Å². The van der Waals surface area contributed by atoms with Gasteiger partial charge in [0.1, 0.15) is 17.5 Å². The van der Waals surface area contributed by atoms with Crippen LogP contribution in [0.2, 0.25) is 5.02 Å². The molecule has 0 unspecified atom stereocenters.